The minimum absolute atomic E-state index is 0.0214. The maximum absolute atomic E-state index is 11.5. The van der Waals surface area contributed by atoms with E-state index in [2.05, 4.69) is 5.32 Å². The summed E-state index contributed by atoms with van der Waals surface area (Å²) in [5, 5.41) is 12.1. The molecule has 1 aromatic carbocycles. The van der Waals surface area contributed by atoms with Gasteiger partial charge in [0.05, 0.1) is 6.10 Å². The van der Waals surface area contributed by atoms with Crippen molar-refractivity contribution in [3.05, 3.63) is 29.8 Å². The molecule has 1 unspecified atom stereocenters. The second kappa shape index (κ2) is 7.04. The number of carbonyl (C=O) groups excluding carboxylic acids is 1. The van der Waals surface area contributed by atoms with Crippen LogP contribution in [0.25, 0.3) is 0 Å². The Labute approximate surface area is 102 Å². The van der Waals surface area contributed by atoms with Crippen molar-refractivity contribution in [3.8, 4) is 0 Å². The first kappa shape index (κ1) is 13.7. The fraction of sp³-hybridized carbons (Fsp3) is 0.462. The van der Waals surface area contributed by atoms with Gasteiger partial charge >= 0.3 is 0 Å². The number of ether oxygens (including phenoxy) is 1. The molecule has 1 aromatic rings. The SMILES string of the molecule is COCCCC(=O)Nc1ccc(C(C)O)cc1. The number of nitrogens with one attached hydrogen (secondary N) is 1. The predicted octanol–water partition coefficient (Wildman–Crippen LogP) is 2.11. The van der Waals surface area contributed by atoms with Crippen LogP contribution in [-0.2, 0) is 9.53 Å². The third-order valence-electron chi connectivity index (χ3n) is 2.43. The van der Waals surface area contributed by atoms with Gasteiger partial charge in [0, 0.05) is 25.8 Å². The highest BCUT2D eigenvalue weighted by Gasteiger charge is 2.03. The van der Waals surface area contributed by atoms with E-state index in [0.717, 1.165) is 11.3 Å². The average Bonchev–Trinajstić information content (AvgIpc) is 2.30. The summed E-state index contributed by atoms with van der Waals surface area (Å²) in [5.74, 6) is -0.0214. The van der Waals surface area contributed by atoms with Crippen molar-refractivity contribution in [2.75, 3.05) is 19.0 Å². The van der Waals surface area contributed by atoms with E-state index in [9.17, 15) is 9.90 Å². The maximum Gasteiger partial charge on any atom is 0.224 e. The summed E-state index contributed by atoms with van der Waals surface area (Å²) in [7, 11) is 1.62. The Morgan fingerprint density at radius 1 is 1.41 bits per heavy atom. The quantitative estimate of drug-likeness (QED) is 0.745. The Kier molecular flexibility index (Phi) is 5.66. The van der Waals surface area contributed by atoms with Crippen molar-refractivity contribution in [1.29, 1.82) is 0 Å². The fourth-order valence-electron chi connectivity index (χ4n) is 1.45. The highest BCUT2D eigenvalue weighted by Crippen LogP contribution is 2.15. The zero-order chi connectivity index (χ0) is 12.7. The van der Waals surface area contributed by atoms with E-state index in [4.69, 9.17) is 4.74 Å². The molecule has 1 rings (SSSR count). The van der Waals surface area contributed by atoms with Crippen LogP contribution in [0.4, 0.5) is 5.69 Å². The van der Waals surface area contributed by atoms with Crippen LogP contribution in [0.3, 0.4) is 0 Å². The Balaban J connectivity index is 2.43. The molecule has 0 aliphatic rings. The van der Waals surface area contributed by atoms with Gasteiger partial charge in [0.1, 0.15) is 0 Å². The van der Waals surface area contributed by atoms with E-state index < -0.39 is 6.10 Å². The number of benzene rings is 1. The van der Waals surface area contributed by atoms with Gasteiger partial charge in [-0.05, 0) is 31.0 Å². The lowest BCUT2D eigenvalue weighted by atomic mass is 10.1. The highest BCUT2D eigenvalue weighted by molar-refractivity contribution is 5.90. The van der Waals surface area contributed by atoms with Gasteiger partial charge < -0.3 is 15.2 Å². The Bertz CT molecular complexity index is 346. The lowest BCUT2D eigenvalue weighted by Crippen LogP contribution is -2.12. The first-order valence-corrected chi connectivity index (χ1v) is 5.70. The molecule has 0 aromatic heterocycles. The average molecular weight is 237 g/mol. The minimum atomic E-state index is -0.485. The maximum atomic E-state index is 11.5. The van der Waals surface area contributed by atoms with Crippen LogP contribution in [0.2, 0.25) is 0 Å². The molecule has 0 saturated carbocycles. The van der Waals surface area contributed by atoms with Crippen molar-refractivity contribution in [3.63, 3.8) is 0 Å². The summed E-state index contributed by atoms with van der Waals surface area (Å²) < 4.78 is 4.88. The molecular formula is C13H19NO3. The van der Waals surface area contributed by atoms with Gasteiger partial charge in [0.25, 0.3) is 0 Å². The van der Waals surface area contributed by atoms with Crippen molar-refractivity contribution in [1.82, 2.24) is 0 Å². The molecule has 1 atom stereocenters. The van der Waals surface area contributed by atoms with Crippen molar-refractivity contribution >= 4 is 11.6 Å². The zero-order valence-electron chi connectivity index (χ0n) is 10.3. The summed E-state index contributed by atoms with van der Waals surface area (Å²) in [6, 6.07) is 7.18. The number of hydrogen-bond donors (Lipinski definition) is 2. The van der Waals surface area contributed by atoms with Crippen LogP contribution in [0, 0.1) is 0 Å². The molecule has 4 heteroatoms. The minimum Gasteiger partial charge on any atom is -0.389 e. The first-order chi connectivity index (χ1) is 8.13. The summed E-state index contributed by atoms with van der Waals surface area (Å²) >= 11 is 0. The molecule has 0 aliphatic carbocycles. The lowest BCUT2D eigenvalue weighted by Gasteiger charge is -2.07. The molecule has 0 radical (unpaired) electrons. The highest BCUT2D eigenvalue weighted by atomic mass is 16.5. The summed E-state index contributed by atoms with van der Waals surface area (Å²) in [5.41, 5.74) is 1.58. The van der Waals surface area contributed by atoms with Crippen LogP contribution in [-0.4, -0.2) is 24.7 Å². The second-order valence-corrected chi connectivity index (χ2v) is 3.94. The third-order valence-corrected chi connectivity index (χ3v) is 2.43. The molecule has 0 fully saturated rings. The molecule has 0 saturated heterocycles. The third kappa shape index (κ3) is 4.97. The van der Waals surface area contributed by atoms with E-state index in [1.165, 1.54) is 0 Å². The molecule has 17 heavy (non-hydrogen) atoms. The summed E-state index contributed by atoms with van der Waals surface area (Å²) in [6.07, 6.45) is 0.682. The number of methoxy groups -OCH3 is 1. The van der Waals surface area contributed by atoms with Crippen LogP contribution in [0.5, 0.6) is 0 Å². The van der Waals surface area contributed by atoms with E-state index in [0.29, 0.717) is 19.4 Å². The van der Waals surface area contributed by atoms with E-state index in [1.807, 2.05) is 0 Å². The number of hydrogen-bond acceptors (Lipinski definition) is 3. The largest absolute Gasteiger partial charge is 0.389 e. The molecule has 94 valence electrons. The van der Waals surface area contributed by atoms with Crippen LogP contribution >= 0.6 is 0 Å². The normalized spacial score (nSPS) is 12.2. The van der Waals surface area contributed by atoms with E-state index in [1.54, 1.807) is 38.3 Å². The molecule has 4 nitrogen and oxygen atoms in total. The smallest absolute Gasteiger partial charge is 0.224 e. The molecule has 2 N–H and O–H groups in total. The van der Waals surface area contributed by atoms with E-state index in [-0.39, 0.29) is 5.91 Å². The number of aliphatic hydroxyl groups excluding tert-OH is 1. The van der Waals surface area contributed by atoms with Gasteiger partial charge in [-0.25, -0.2) is 0 Å². The standard InChI is InChI=1S/C13H19NO3/c1-10(15)11-5-7-12(8-6-11)14-13(16)4-3-9-17-2/h5-8,10,15H,3-4,9H2,1-2H3,(H,14,16). The number of anilines is 1. The Hall–Kier alpha value is -1.39. The molecule has 0 heterocycles. The summed E-state index contributed by atoms with van der Waals surface area (Å²) in [6.45, 7) is 2.30. The number of aliphatic hydroxyl groups is 1. The fourth-order valence-corrected chi connectivity index (χ4v) is 1.45. The number of amides is 1. The van der Waals surface area contributed by atoms with Gasteiger partial charge in [-0.1, -0.05) is 12.1 Å². The van der Waals surface area contributed by atoms with Gasteiger partial charge in [0.15, 0.2) is 0 Å². The molecule has 1 amide bonds. The lowest BCUT2D eigenvalue weighted by molar-refractivity contribution is -0.116. The molecular weight excluding hydrogens is 218 g/mol. The monoisotopic (exact) mass is 237 g/mol. The van der Waals surface area contributed by atoms with Crippen LogP contribution in [0.15, 0.2) is 24.3 Å². The topological polar surface area (TPSA) is 58.6 Å². The Morgan fingerprint density at radius 3 is 2.59 bits per heavy atom. The van der Waals surface area contributed by atoms with Crippen LogP contribution in [0.1, 0.15) is 31.4 Å². The van der Waals surface area contributed by atoms with Gasteiger partial charge in [-0.3, -0.25) is 4.79 Å². The van der Waals surface area contributed by atoms with Gasteiger partial charge in [-0.2, -0.15) is 0 Å². The Morgan fingerprint density at radius 2 is 2.06 bits per heavy atom. The molecule has 0 bridgehead atoms. The molecule has 0 aliphatic heterocycles. The number of carbonyl (C=O) groups is 1. The summed E-state index contributed by atoms with van der Waals surface area (Å²) in [4.78, 5) is 11.5. The van der Waals surface area contributed by atoms with Crippen molar-refractivity contribution in [2.45, 2.75) is 25.9 Å². The van der Waals surface area contributed by atoms with Crippen molar-refractivity contribution in [2.24, 2.45) is 0 Å². The zero-order valence-corrected chi connectivity index (χ0v) is 10.3. The molecule has 0 spiro atoms. The predicted molar refractivity (Wildman–Crippen MR) is 66.8 cm³/mol. The van der Waals surface area contributed by atoms with Gasteiger partial charge in [0.2, 0.25) is 5.91 Å². The van der Waals surface area contributed by atoms with Gasteiger partial charge in [-0.15, -0.1) is 0 Å². The van der Waals surface area contributed by atoms with Crippen molar-refractivity contribution < 1.29 is 14.6 Å². The first-order valence-electron chi connectivity index (χ1n) is 5.70. The number of rotatable bonds is 6. The van der Waals surface area contributed by atoms with Crippen LogP contribution < -0.4 is 5.32 Å². The van der Waals surface area contributed by atoms with E-state index >= 15 is 0 Å². The second-order valence-electron chi connectivity index (χ2n) is 3.94.